The Kier molecular flexibility index (Phi) is 4.49. The van der Waals surface area contributed by atoms with Crippen LogP contribution < -0.4 is 5.46 Å². The normalized spacial score (nSPS) is 17.1. The Balaban J connectivity index is 1.44. The number of rotatable bonds is 2. The predicted molar refractivity (Wildman–Crippen MR) is 150 cm³/mol. The third-order valence-electron chi connectivity index (χ3n) is 8.10. The third kappa shape index (κ3) is 3.15. The summed E-state index contributed by atoms with van der Waals surface area (Å²) in [4.78, 5) is 0. The molecule has 2 heterocycles. The Labute approximate surface area is 210 Å². The van der Waals surface area contributed by atoms with Gasteiger partial charge in [-0.15, -0.1) is 0 Å². The molecule has 0 amide bonds. The Bertz CT molecular complexity index is 1800. The third-order valence-corrected chi connectivity index (χ3v) is 8.10. The fourth-order valence-electron chi connectivity index (χ4n) is 5.39. The van der Waals surface area contributed by atoms with Gasteiger partial charge in [-0.25, -0.2) is 0 Å². The fraction of sp³-hybridized carbons (Fsp3) is 0.188. The maximum Gasteiger partial charge on any atom is 0.495 e. The standard InChI is InChI=1S/C32H27BO3/c1-31(2)32(3,4)36-33(35-31)27-13-7-11-20-15-16-23(18-25(20)27)24-12-8-14-28-30(24)26-17-21-9-5-6-10-22(21)19-29(26)34-28/h5-19H,1-4H3. The van der Waals surface area contributed by atoms with Crippen molar-refractivity contribution in [3.05, 3.63) is 91.0 Å². The predicted octanol–water partition coefficient (Wildman–Crippen LogP) is 7.86. The minimum Gasteiger partial charge on any atom is -0.456 e. The Morgan fingerprint density at radius 3 is 2.06 bits per heavy atom. The number of hydrogen-bond acceptors (Lipinski definition) is 3. The summed E-state index contributed by atoms with van der Waals surface area (Å²) in [6.45, 7) is 8.38. The highest BCUT2D eigenvalue weighted by Gasteiger charge is 2.52. The Morgan fingerprint density at radius 2 is 1.28 bits per heavy atom. The second-order valence-corrected chi connectivity index (χ2v) is 10.8. The Hall–Kier alpha value is -3.60. The molecule has 0 radical (unpaired) electrons. The van der Waals surface area contributed by atoms with Crippen LogP contribution in [0.5, 0.6) is 0 Å². The summed E-state index contributed by atoms with van der Waals surface area (Å²) in [5.74, 6) is 0. The molecule has 1 fully saturated rings. The zero-order valence-corrected chi connectivity index (χ0v) is 21.0. The van der Waals surface area contributed by atoms with Crippen molar-refractivity contribution in [1.29, 1.82) is 0 Å². The van der Waals surface area contributed by atoms with Gasteiger partial charge in [0, 0.05) is 10.8 Å². The van der Waals surface area contributed by atoms with Crippen molar-refractivity contribution in [3.8, 4) is 11.1 Å². The number of furan rings is 1. The monoisotopic (exact) mass is 470 g/mol. The van der Waals surface area contributed by atoms with Crippen LogP contribution in [0.4, 0.5) is 0 Å². The van der Waals surface area contributed by atoms with Crippen molar-refractivity contribution in [2.45, 2.75) is 38.9 Å². The van der Waals surface area contributed by atoms with Crippen molar-refractivity contribution in [1.82, 2.24) is 0 Å². The van der Waals surface area contributed by atoms with E-state index in [4.69, 9.17) is 13.7 Å². The molecule has 0 N–H and O–H groups in total. The number of benzene rings is 5. The van der Waals surface area contributed by atoms with Crippen LogP contribution in [-0.2, 0) is 9.31 Å². The van der Waals surface area contributed by atoms with Gasteiger partial charge in [-0.2, -0.15) is 0 Å². The van der Waals surface area contributed by atoms with Crippen molar-refractivity contribution < 1.29 is 13.7 Å². The lowest BCUT2D eigenvalue weighted by Crippen LogP contribution is -2.41. The molecule has 0 unspecified atom stereocenters. The van der Waals surface area contributed by atoms with E-state index in [2.05, 4.69) is 119 Å². The molecule has 6 aromatic rings. The van der Waals surface area contributed by atoms with Gasteiger partial charge in [-0.05, 0) is 90.1 Å². The van der Waals surface area contributed by atoms with E-state index in [-0.39, 0.29) is 11.2 Å². The largest absolute Gasteiger partial charge is 0.495 e. The van der Waals surface area contributed by atoms with E-state index in [9.17, 15) is 0 Å². The summed E-state index contributed by atoms with van der Waals surface area (Å²) >= 11 is 0. The van der Waals surface area contributed by atoms with E-state index in [0.717, 1.165) is 43.9 Å². The minimum atomic E-state index is -0.411. The van der Waals surface area contributed by atoms with Crippen molar-refractivity contribution >= 4 is 56.1 Å². The minimum absolute atomic E-state index is 0.387. The zero-order valence-electron chi connectivity index (χ0n) is 21.0. The molecule has 4 heteroatoms. The summed E-state index contributed by atoms with van der Waals surface area (Å²) in [7, 11) is -0.411. The van der Waals surface area contributed by atoms with Gasteiger partial charge in [0.2, 0.25) is 0 Å². The molecule has 3 nitrogen and oxygen atoms in total. The molecule has 1 aromatic heterocycles. The molecule has 0 aliphatic carbocycles. The van der Waals surface area contributed by atoms with Crippen LogP contribution in [0.25, 0.3) is 54.6 Å². The van der Waals surface area contributed by atoms with Gasteiger partial charge in [0.15, 0.2) is 0 Å². The van der Waals surface area contributed by atoms with E-state index >= 15 is 0 Å². The molecule has 0 spiro atoms. The molecule has 0 saturated carbocycles. The van der Waals surface area contributed by atoms with E-state index in [0.29, 0.717) is 0 Å². The molecule has 176 valence electrons. The second-order valence-electron chi connectivity index (χ2n) is 10.8. The lowest BCUT2D eigenvalue weighted by atomic mass is 9.75. The average molecular weight is 470 g/mol. The molecular weight excluding hydrogens is 443 g/mol. The van der Waals surface area contributed by atoms with Gasteiger partial charge >= 0.3 is 7.12 Å². The molecule has 0 atom stereocenters. The van der Waals surface area contributed by atoms with Crippen molar-refractivity contribution in [2.24, 2.45) is 0 Å². The first kappa shape index (κ1) is 21.7. The van der Waals surface area contributed by atoms with Crippen LogP contribution in [0.15, 0.2) is 95.4 Å². The summed E-state index contributed by atoms with van der Waals surface area (Å²) in [5.41, 5.74) is 4.40. The maximum atomic E-state index is 6.42. The highest BCUT2D eigenvalue weighted by Crippen LogP contribution is 2.40. The summed E-state index contributed by atoms with van der Waals surface area (Å²) in [6, 6.07) is 32.1. The molecule has 0 bridgehead atoms. The smallest absolute Gasteiger partial charge is 0.456 e. The van der Waals surface area contributed by atoms with Gasteiger partial charge in [0.25, 0.3) is 0 Å². The van der Waals surface area contributed by atoms with E-state index < -0.39 is 7.12 Å². The van der Waals surface area contributed by atoms with Gasteiger partial charge in [0.05, 0.1) is 11.2 Å². The lowest BCUT2D eigenvalue weighted by molar-refractivity contribution is 0.00578. The molecule has 1 aliphatic heterocycles. The van der Waals surface area contributed by atoms with E-state index in [1.54, 1.807) is 0 Å². The van der Waals surface area contributed by atoms with Crippen LogP contribution in [0.2, 0.25) is 0 Å². The van der Waals surface area contributed by atoms with Crippen molar-refractivity contribution in [3.63, 3.8) is 0 Å². The zero-order chi connectivity index (χ0) is 24.7. The molecular formula is C32H27BO3. The van der Waals surface area contributed by atoms with Crippen LogP contribution in [0.1, 0.15) is 27.7 Å². The number of hydrogen-bond donors (Lipinski definition) is 0. The maximum absolute atomic E-state index is 6.42. The van der Waals surface area contributed by atoms with Gasteiger partial charge in [-0.1, -0.05) is 66.7 Å². The molecule has 1 saturated heterocycles. The summed E-state index contributed by atoms with van der Waals surface area (Å²) in [5, 5.41) is 6.99. The van der Waals surface area contributed by atoms with Gasteiger partial charge < -0.3 is 13.7 Å². The first-order chi connectivity index (χ1) is 17.3. The van der Waals surface area contributed by atoms with E-state index in [1.165, 1.54) is 16.2 Å². The van der Waals surface area contributed by atoms with Crippen LogP contribution in [0, 0.1) is 0 Å². The van der Waals surface area contributed by atoms with Crippen LogP contribution in [-0.4, -0.2) is 18.3 Å². The van der Waals surface area contributed by atoms with Crippen molar-refractivity contribution in [2.75, 3.05) is 0 Å². The topological polar surface area (TPSA) is 31.6 Å². The average Bonchev–Trinajstić information content (AvgIpc) is 3.33. The Morgan fingerprint density at radius 1 is 0.583 bits per heavy atom. The SMILES string of the molecule is CC1(C)OB(c2cccc3ccc(-c4cccc5oc6cc7ccccc7cc6c45)cc23)OC1(C)C. The first-order valence-corrected chi connectivity index (χ1v) is 12.5. The molecule has 1 aliphatic rings. The highest BCUT2D eigenvalue weighted by atomic mass is 16.7. The second kappa shape index (κ2) is 7.46. The first-order valence-electron chi connectivity index (χ1n) is 12.5. The summed E-state index contributed by atoms with van der Waals surface area (Å²) in [6.07, 6.45) is 0. The highest BCUT2D eigenvalue weighted by molar-refractivity contribution is 6.65. The van der Waals surface area contributed by atoms with Crippen LogP contribution >= 0.6 is 0 Å². The van der Waals surface area contributed by atoms with Gasteiger partial charge in [-0.3, -0.25) is 0 Å². The van der Waals surface area contributed by atoms with E-state index in [1.807, 2.05) is 0 Å². The quantitative estimate of drug-likeness (QED) is 0.242. The van der Waals surface area contributed by atoms with Crippen LogP contribution in [0.3, 0.4) is 0 Å². The molecule has 7 rings (SSSR count). The van der Waals surface area contributed by atoms with Gasteiger partial charge in [0.1, 0.15) is 11.2 Å². The molecule has 5 aromatic carbocycles. The number of fused-ring (bicyclic) bond motifs is 5. The lowest BCUT2D eigenvalue weighted by Gasteiger charge is -2.32. The summed E-state index contributed by atoms with van der Waals surface area (Å²) < 4.78 is 19.2. The fourth-order valence-corrected chi connectivity index (χ4v) is 5.39. The molecule has 36 heavy (non-hydrogen) atoms.